The van der Waals surface area contributed by atoms with Gasteiger partial charge < -0.3 is 9.84 Å². The van der Waals surface area contributed by atoms with Gasteiger partial charge in [0.05, 0.1) is 6.61 Å². The lowest BCUT2D eigenvalue weighted by atomic mass is 10.3. The van der Waals surface area contributed by atoms with Crippen LogP contribution in [0.1, 0.15) is 12.1 Å². The Kier molecular flexibility index (Phi) is 5.54. The number of rotatable bonds is 4. The first-order chi connectivity index (χ1) is 7.68. The highest BCUT2D eigenvalue weighted by molar-refractivity contribution is 9.10. The number of hydrogen-bond acceptors (Lipinski definition) is 3. The van der Waals surface area contributed by atoms with E-state index in [1.54, 1.807) is 6.20 Å². The van der Waals surface area contributed by atoms with Gasteiger partial charge in [-0.05, 0) is 18.1 Å². The predicted octanol–water partition coefficient (Wildman–Crippen LogP) is 1.69. The van der Waals surface area contributed by atoms with E-state index in [2.05, 4.69) is 32.8 Å². The van der Waals surface area contributed by atoms with Crippen molar-refractivity contribution in [1.29, 1.82) is 0 Å². The zero-order valence-corrected chi connectivity index (χ0v) is 10.0. The fourth-order valence-corrected chi connectivity index (χ4v) is 1.24. The fraction of sp³-hybridized carbons (Fsp3) is 0.273. The van der Waals surface area contributed by atoms with Crippen LogP contribution in [0.25, 0.3) is 0 Å². The molecule has 0 radical (unpaired) electrons. The summed E-state index contributed by atoms with van der Waals surface area (Å²) < 4.78 is 5.75. The monoisotopic (exact) mass is 283 g/mol. The second-order valence-electron chi connectivity index (χ2n) is 2.86. The Hall–Kier alpha value is -1.38. The van der Waals surface area contributed by atoms with Gasteiger partial charge in [0, 0.05) is 17.1 Å². The van der Waals surface area contributed by atoms with Crippen LogP contribution in [0.4, 0.5) is 0 Å². The van der Waals surface area contributed by atoms with E-state index >= 15 is 0 Å². The molecule has 0 spiro atoms. The number of aromatic nitrogens is 1. The van der Waals surface area contributed by atoms with Crippen molar-refractivity contribution in [3.8, 4) is 11.8 Å². The second kappa shape index (κ2) is 6.99. The van der Waals surface area contributed by atoms with E-state index in [4.69, 9.17) is 9.84 Å². The standard InChI is InChI=1S/C11H10BrNO3/c12-9-4-5-13-10(7-9)3-1-2-6-16-8-11(14)15/h4-5,7H,2,6,8H2,(H,14,15). The van der Waals surface area contributed by atoms with Crippen LogP contribution in [0, 0.1) is 11.8 Å². The largest absolute Gasteiger partial charge is 0.480 e. The summed E-state index contributed by atoms with van der Waals surface area (Å²) in [6, 6.07) is 3.63. The van der Waals surface area contributed by atoms with Gasteiger partial charge in [0.2, 0.25) is 0 Å². The predicted molar refractivity (Wildman–Crippen MR) is 61.9 cm³/mol. The number of carboxylic acids is 1. The van der Waals surface area contributed by atoms with Gasteiger partial charge >= 0.3 is 5.97 Å². The highest BCUT2D eigenvalue weighted by Crippen LogP contribution is 2.07. The van der Waals surface area contributed by atoms with E-state index in [1.165, 1.54) is 0 Å². The van der Waals surface area contributed by atoms with Crippen molar-refractivity contribution in [2.45, 2.75) is 6.42 Å². The van der Waals surface area contributed by atoms with E-state index in [-0.39, 0.29) is 6.61 Å². The molecule has 0 saturated carbocycles. The number of aliphatic carboxylic acids is 1. The molecule has 1 aromatic heterocycles. The Morgan fingerprint density at radius 2 is 2.44 bits per heavy atom. The van der Waals surface area contributed by atoms with Gasteiger partial charge in [0.1, 0.15) is 12.3 Å². The van der Waals surface area contributed by atoms with Gasteiger partial charge in [-0.3, -0.25) is 0 Å². The van der Waals surface area contributed by atoms with Gasteiger partial charge in [0.15, 0.2) is 0 Å². The molecule has 0 fully saturated rings. The molecule has 0 aliphatic heterocycles. The molecule has 0 aliphatic carbocycles. The Morgan fingerprint density at radius 1 is 1.62 bits per heavy atom. The first-order valence-electron chi connectivity index (χ1n) is 4.58. The number of carboxylic acid groups (broad SMARTS) is 1. The number of hydrogen-bond donors (Lipinski definition) is 1. The highest BCUT2D eigenvalue weighted by Gasteiger charge is 1.94. The molecule has 1 heterocycles. The first-order valence-corrected chi connectivity index (χ1v) is 5.38. The molecule has 4 nitrogen and oxygen atoms in total. The molecule has 0 aromatic carbocycles. The Morgan fingerprint density at radius 3 is 3.12 bits per heavy atom. The van der Waals surface area contributed by atoms with E-state index in [9.17, 15) is 4.79 Å². The van der Waals surface area contributed by atoms with Crippen molar-refractivity contribution in [3.63, 3.8) is 0 Å². The Labute approximate surface area is 102 Å². The molecule has 1 rings (SSSR count). The molecule has 16 heavy (non-hydrogen) atoms. The number of nitrogens with zero attached hydrogens (tertiary/aromatic N) is 1. The smallest absolute Gasteiger partial charge is 0.329 e. The Balaban J connectivity index is 2.30. The van der Waals surface area contributed by atoms with Crippen LogP contribution in [0.3, 0.4) is 0 Å². The zero-order valence-electron chi connectivity index (χ0n) is 8.44. The molecule has 0 amide bonds. The van der Waals surface area contributed by atoms with E-state index in [0.717, 1.165) is 4.47 Å². The maximum absolute atomic E-state index is 10.1. The van der Waals surface area contributed by atoms with Crippen LogP contribution >= 0.6 is 15.9 Å². The van der Waals surface area contributed by atoms with Crippen molar-refractivity contribution in [1.82, 2.24) is 4.98 Å². The molecule has 0 aliphatic rings. The molecule has 0 saturated heterocycles. The molecule has 5 heteroatoms. The van der Waals surface area contributed by atoms with Crippen molar-refractivity contribution in [2.75, 3.05) is 13.2 Å². The molecule has 0 unspecified atom stereocenters. The third-order valence-electron chi connectivity index (χ3n) is 1.54. The number of halogens is 1. The summed E-state index contributed by atoms with van der Waals surface area (Å²) in [5, 5.41) is 8.30. The van der Waals surface area contributed by atoms with Gasteiger partial charge in [-0.2, -0.15) is 0 Å². The summed E-state index contributed by atoms with van der Waals surface area (Å²) in [7, 11) is 0. The lowest BCUT2D eigenvalue weighted by Gasteiger charge is -1.95. The van der Waals surface area contributed by atoms with Crippen molar-refractivity contribution in [2.24, 2.45) is 0 Å². The number of ether oxygens (including phenoxy) is 1. The van der Waals surface area contributed by atoms with Gasteiger partial charge in [-0.15, -0.1) is 0 Å². The van der Waals surface area contributed by atoms with E-state index < -0.39 is 5.97 Å². The van der Waals surface area contributed by atoms with Crippen LogP contribution in [0.5, 0.6) is 0 Å². The molecule has 0 bridgehead atoms. The van der Waals surface area contributed by atoms with Crippen LogP contribution in [-0.4, -0.2) is 29.3 Å². The number of pyridine rings is 1. The average molecular weight is 284 g/mol. The third-order valence-corrected chi connectivity index (χ3v) is 2.03. The SMILES string of the molecule is O=C(O)COCCC#Cc1cc(Br)ccn1. The summed E-state index contributed by atoms with van der Waals surface area (Å²) >= 11 is 3.31. The average Bonchev–Trinajstić information content (AvgIpc) is 2.23. The minimum atomic E-state index is -0.971. The van der Waals surface area contributed by atoms with Crippen molar-refractivity contribution < 1.29 is 14.6 Å². The third kappa shape index (κ3) is 5.49. The summed E-state index contributed by atoms with van der Waals surface area (Å²) in [6.07, 6.45) is 2.15. The van der Waals surface area contributed by atoms with Gasteiger partial charge in [-0.25, -0.2) is 9.78 Å². The van der Waals surface area contributed by atoms with Crippen LogP contribution < -0.4 is 0 Å². The molecular weight excluding hydrogens is 274 g/mol. The van der Waals surface area contributed by atoms with Crippen molar-refractivity contribution >= 4 is 21.9 Å². The van der Waals surface area contributed by atoms with Crippen LogP contribution in [-0.2, 0) is 9.53 Å². The van der Waals surface area contributed by atoms with E-state index in [0.29, 0.717) is 18.7 Å². The highest BCUT2D eigenvalue weighted by atomic mass is 79.9. The van der Waals surface area contributed by atoms with E-state index in [1.807, 2.05) is 12.1 Å². The minimum Gasteiger partial charge on any atom is -0.480 e. The van der Waals surface area contributed by atoms with Gasteiger partial charge in [0.25, 0.3) is 0 Å². The van der Waals surface area contributed by atoms with Crippen LogP contribution in [0.2, 0.25) is 0 Å². The zero-order chi connectivity index (χ0) is 11.8. The lowest BCUT2D eigenvalue weighted by molar-refractivity contribution is -0.142. The summed E-state index contributed by atoms with van der Waals surface area (Å²) in [4.78, 5) is 14.2. The minimum absolute atomic E-state index is 0.281. The quantitative estimate of drug-likeness (QED) is 0.675. The maximum atomic E-state index is 10.1. The molecule has 0 atom stereocenters. The Bertz CT molecular complexity index is 423. The normalized spacial score (nSPS) is 9.31. The van der Waals surface area contributed by atoms with Crippen LogP contribution in [0.15, 0.2) is 22.8 Å². The lowest BCUT2D eigenvalue weighted by Crippen LogP contribution is -2.07. The molecular formula is C11H10BrNO3. The summed E-state index contributed by atoms with van der Waals surface area (Å²) in [5.41, 5.74) is 0.674. The molecule has 1 N–H and O–H groups in total. The van der Waals surface area contributed by atoms with Crippen molar-refractivity contribution in [3.05, 3.63) is 28.5 Å². The fourth-order valence-electron chi connectivity index (χ4n) is 0.909. The topological polar surface area (TPSA) is 59.4 Å². The first kappa shape index (κ1) is 12.7. The second-order valence-corrected chi connectivity index (χ2v) is 3.77. The maximum Gasteiger partial charge on any atom is 0.329 e. The summed E-state index contributed by atoms with van der Waals surface area (Å²) in [5.74, 6) is 4.74. The number of carbonyl (C=O) groups is 1. The van der Waals surface area contributed by atoms with Gasteiger partial charge in [-0.1, -0.05) is 21.9 Å². The molecule has 1 aromatic rings. The summed E-state index contributed by atoms with van der Waals surface area (Å²) in [6.45, 7) is 0.0319. The molecule has 84 valence electrons.